The summed E-state index contributed by atoms with van der Waals surface area (Å²) in [6.45, 7) is 2.14. The predicted molar refractivity (Wildman–Crippen MR) is 70.7 cm³/mol. The third-order valence-corrected chi connectivity index (χ3v) is 4.49. The molecule has 104 valence electrons. The second-order valence-corrected chi connectivity index (χ2v) is 5.44. The van der Waals surface area contributed by atoms with Gasteiger partial charge in [-0.2, -0.15) is 0 Å². The molecule has 2 atom stereocenters. The third kappa shape index (κ3) is 2.62. The van der Waals surface area contributed by atoms with Gasteiger partial charge in [-0.3, -0.25) is 4.79 Å². The van der Waals surface area contributed by atoms with E-state index in [1.165, 1.54) is 16.7 Å². The van der Waals surface area contributed by atoms with E-state index in [1.54, 1.807) is 12.1 Å². The Balaban J connectivity index is 2.25. The van der Waals surface area contributed by atoms with Gasteiger partial charge in [-0.05, 0) is 18.6 Å². The van der Waals surface area contributed by atoms with Crippen molar-refractivity contribution < 1.29 is 19.1 Å². The number of hydrogen-bond donors (Lipinski definition) is 2. The Morgan fingerprint density at radius 2 is 2.32 bits per heavy atom. The minimum Gasteiger partial charge on any atom is -0.480 e. The van der Waals surface area contributed by atoms with Gasteiger partial charge < -0.3 is 20.2 Å². The molecule has 19 heavy (non-hydrogen) atoms. The smallest absolute Gasteiger partial charge is 0.327 e. The standard InChI is InChI=1S/C12H16N2O4S/c1-2-10-14(8(6-19-10)12(16)17)11(15)9-4-3-7(5-13)18-9/h3-4,8,10H,2,5-6,13H2,1H3,(H,16,17). The maximum atomic E-state index is 12.4. The van der Waals surface area contributed by atoms with Crippen LogP contribution in [-0.2, 0) is 11.3 Å². The average Bonchev–Trinajstić information content (AvgIpc) is 3.03. The molecular formula is C12H16N2O4S. The summed E-state index contributed by atoms with van der Waals surface area (Å²) in [4.78, 5) is 25.0. The van der Waals surface area contributed by atoms with Gasteiger partial charge in [-0.1, -0.05) is 6.92 Å². The van der Waals surface area contributed by atoms with Gasteiger partial charge in [0, 0.05) is 5.75 Å². The van der Waals surface area contributed by atoms with Crippen molar-refractivity contribution in [3.8, 4) is 0 Å². The molecule has 2 heterocycles. The summed E-state index contributed by atoms with van der Waals surface area (Å²) < 4.78 is 5.31. The van der Waals surface area contributed by atoms with Gasteiger partial charge in [0.1, 0.15) is 11.8 Å². The zero-order chi connectivity index (χ0) is 14.0. The van der Waals surface area contributed by atoms with Crippen molar-refractivity contribution in [1.29, 1.82) is 0 Å². The number of thioether (sulfide) groups is 1. The number of carbonyl (C=O) groups excluding carboxylic acids is 1. The van der Waals surface area contributed by atoms with Crippen molar-refractivity contribution in [2.45, 2.75) is 31.3 Å². The summed E-state index contributed by atoms with van der Waals surface area (Å²) in [5.41, 5.74) is 5.43. The Bertz CT molecular complexity index is 488. The van der Waals surface area contributed by atoms with Crippen molar-refractivity contribution in [3.05, 3.63) is 23.7 Å². The van der Waals surface area contributed by atoms with Crippen molar-refractivity contribution in [3.63, 3.8) is 0 Å². The molecule has 0 aromatic carbocycles. The van der Waals surface area contributed by atoms with Crippen LogP contribution >= 0.6 is 11.8 Å². The molecule has 0 radical (unpaired) electrons. The Hall–Kier alpha value is -1.47. The number of aliphatic carboxylic acids is 1. The van der Waals surface area contributed by atoms with Crippen LogP contribution < -0.4 is 5.73 Å². The average molecular weight is 284 g/mol. The lowest BCUT2D eigenvalue weighted by Gasteiger charge is -2.25. The van der Waals surface area contributed by atoms with Crippen molar-refractivity contribution >= 4 is 23.6 Å². The van der Waals surface area contributed by atoms with E-state index in [0.717, 1.165) is 0 Å². The Morgan fingerprint density at radius 1 is 1.58 bits per heavy atom. The fraction of sp³-hybridized carbons (Fsp3) is 0.500. The molecule has 6 nitrogen and oxygen atoms in total. The van der Waals surface area contributed by atoms with Crippen LogP contribution in [0.1, 0.15) is 29.7 Å². The quantitative estimate of drug-likeness (QED) is 0.860. The number of amides is 1. The first-order chi connectivity index (χ1) is 9.08. The van der Waals surface area contributed by atoms with Gasteiger partial charge in [-0.25, -0.2) is 4.79 Å². The molecule has 1 aliphatic rings. The maximum Gasteiger partial charge on any atom is 0.327 e. The zero-order valence-corrected chi connectivity index (χ0v) is 11.4. The van der Waals surface area contributed by atoms with Crippen LogP contribution in [0.5, 0.6) is 0 Å². The van der Waals surface area contributed by atoms with Crippen LogP contribution in [-0.4, -0.2) is 39.1 Å². The lowest BCUT2D eigenvalue weighted by molar-refractivity contribution is -0.141. The third-order valence-electron chi connectivity index (χ3n) is 3.03. The first-order valence-corrected chi connectivity index (χ1v) is 7.09. The summed E-state index contributed by atoms with van der Waals surface area (Å²) in [5, 5.41) is 9.06. The highest BCUT2D eigenvalue weighted by Crippen LogP contribution is 2.32. The minimum atomic E-state index is -0.984. The predicted octanol–water partition coefficient (Wildman–Crippen LogP) is 1.12. The van der Waals surface area contributed by atoms with Gasteiger partial charge in [0.25, 0.3) is 5.91 Å². The van der Waals surface area contributed by atoms with Crippen molar-refractivity contribution in [1.82, 2.24) is 4.90 Å². The molecule has 1 aliphatic heterocycles. The van der Waals surface area contributed by atoms with E-state index in [-0.39, 0.29) is 23.6 Å². The normalized spacial score (nSPS) is 22.7. The molecule has 0 spiro atoms. The van der Waals surface area contributed by atoms with Gasteiger partial charge in [0.2, 0.25) is 0 Å². The SMILES string of the molecule is CCC1SCC(C(=O)O)N1C(=O)c1ccc(CN)o1. The van der Waals surface area contributed by atoms with Gasteiger partial charge in [0.15, 0.2) is 5.76 Å². The summed E-state index contributed by atoms with van der Waals surface area (Å²) >= 11 is 1.48. The Morgan fingerprint density at radius 3 is 2.84 bits per heavy atom. The van der Waals surface area contributed by atoms with Crippen LogP contribution in [0.3, 0.4) is 0 Å². The first kappa shape index (κ1) is 14.0. The lowest BCUT2D eigenvalue weighted by atomic mass is 10.2. The molecule has 2 rings (SSSR count). The van der Waals surface area contributed by atoms with Crippen molar-refractivity contribution in [2.75, 3.05) is 5.75 Å². The molecule has 1 fully saturated rings. The topological polar surface area (TPSA) is 96.8 Å². The number of hydrogen-bond acceptors (Lipinski definition) is 5. The highest BCUT2D eigenvalue weighted by molar-refractivity contribution is 8.00. The number of furan rings is 1. The van der Waals surface area contributed by atoms with E-state index >= 15 is 0 Å². The lowest BCUT2D eigenvalue weighted by Crippen LogP contribution is -2.45. The molecule has 2 unspecified atom stereocenters. The summed E-state index contributed by atoms with van der Waals surface area (Å²) in [5.74, 6) is -0.307. The molecule has 1 saturated heterocycles. The van der Waals surface area contributed by atoms with Crippen LogP contribution in [0.15, 0.2) is 16.5 Å². The highest BCUT2D eigenvalue weighted by atomic mass is 32.2. The molecule has 7 heteroatoms. The van der Waals surface area contributed by atoms with Crippen LogP contribution in [0.4, 0.5) is 0 Å². The van der Waals surface area contributed by atoms with Crippen molar-refractivity contribution in [2.24, 2.45) is 5.73 Å². The van der Waals surface area contributed by atoms with Crippen LogP contribution in [0.25, 0.3) is 0 Å². The number of nitrogens with two attached hydrogens (primary N) is 1. The van der Waals surface area contributed by atoms with Crippen LogP contribution in [0.2, 0.25) is 0 Å². The van der Waals surface area contributed by atoms with E-state index in [0.29, 0.717) is 17.9 Å². The molecule has 0 aliphatic carbocycles. The van der Waals surface area contributed by atoms with Gasteiger partial charge in [-0.15, -0.1) is 11.8 Å². The molecule has 0 bridgehead atoms. The summed E-state index contributed by atoms with van der Waals surface area (Å²) in [7, 11) is 0. The number of rotatable bonds is 4. The monoisotopic (exact) mass is 284 g/mol. The molecule has 1 amide bonds. The number of carboxylic acids is 1. The molecule has 1 aromatic heterocycles. The van der Waals surface area contributed by atoms with E-state index in [2.05, 4.69) is 0 Å². The second-order valence-electron chi connectivity index (χ2n) is 4.23. The summed E-state index contributed by atoms with van der Waals surface area (Å²) in [6.07, 6.45) is 0.699. The fourth-order valence-electron chi connectivity index (χ4n) is 2.07. The largest absolute Gasteiger partial charge is 0.480 e. The van der Waals surface area contributed by atoms with E-state index in [9.17, 15) is 14.7 Å². The first-order valence-electron chi connectivity index (χ1n) is 6.04. The maximum absolute atomic E-state index is 12.4. The fourth-order valence-corrected chi connectivity index (χ4v) is 3.42. The second kappa shape index (κ2) is 5.66. The Labute approximate surface area is 114 Å². The van der Waals surface area contributed by atoms with Crippen LogP contribution in [0, 0.1) is 0 Å². The Kier molecular flexibility index (Phi) is 4.16. The minimum absolute atomic E-state index is 0.125. The van der Waals surface area contributed by atoms with E-state index in [1.807, 2.05) is 6.92 Å². The summed E-state index contributed by atoms with van der Waals surface area (Å²) in [6, 6.07) is 2.38. The molecule has 0 saturated carbocycles. The van der Waals surface area contributed by atoms with Gasteiger partial charge >= 0.3 is 5.97 Å². The molecule has 3 N–H and O–H groups in total. The number of nitrogens with zero attached hydrogens (tertiary/aromatic N) is 1. The number of carbonyl (C=O) groups is 2. The van der Waals surface area contributed by atoms with Gasteiger partial charge in [0.05, 0.1) is 11.9 Å². The van der Waals surface area contributed by atoms with E-state index in [4.69, 9.17) is 10.2 Å². The molecule has 1 aromatic rings. The number of carboxylic acid groups (broad SMARTS) is 1. The van der Waals surface area contributed by atoms with E-state index < -0.39 is 12.0 Å². The zero-order valence-electron chi connectivity index (χ0n) is 10.5. The highest BCUT2D eigenvalue weighted by Gasteiger charge is 2.41. The molecular weight excluding hydrogens is 268 g/mol.